The summed E-state index contributed by atoms with van der Waals surface area (Å²) in [4.78, 5) is 0. The molecule has 0 aliphatic rings. The van der Waals surface area contributed by atoms with Crippen molar-refractivity contribution in [3.05, 3.63) is 35.9 Å². The Bertz CT molecular complexity index is 190. The van der Waals surface area contributed by atoms with Crippen LogP contribution in [0.3, 0.4) is 0 Å². The largest absolute Gasteiger partial charge is 0.333 e. The van der Waals surface area contributed by atoms with Gasteiger partial charge in [-0.05, 0) is 31.4 Å². The second kappa shape index (κ2) is 7.81. The van der Waals surface area contributed by atoms with Crippen LogP contribution in [0.4, 0.5) is 0 Å². The number of hydrogen-bond acceptors (Lipinski definition) is 1. The molecular formula is C12H21N. The van der Waals surface area contributed by atoms with Crippen LogP contribution in [-0.2, 0) is 0 Å². The maximum Gasteiger partial charge on any atom is -0.0167 e. The number of hydrogen-bond donors (Lipinski definition) is 1. The Labute approximate surface area is 82.0 Å². The second-order valence-corrected chi connectivity index (χ2v) is 2.92. The molecule has 1 aromatic rings. The van der Waals surface area contributed by atoms with Crippen molar-refractivity contribution in [1.29, 1.82) is 0 Å². The van der Waals surface area contributed by atoms with Gasteiger partial charge < -0.3 is 5.73 Å². The minimum Gasteiger partial charge on any atom is -0.333 e. The molecule has 1 nitrogen and oxygen atoms in total. The zero-order valence-corrected chi connectivity index (χ0v) is 8.96. The summed E-state index contributed by atoms with van der Waals surface area (Å²) in [6.45, 7) is 4.50. The first-order valence-electron chi connectivity index (χ1n) is 5.01. The zero-order valence-electron chi connectivity index (χ0n) is 8.96. The summed E-state index contributed by atoms with van der Waals surface area (Å²) in [6.07, 6.45) is 2.50. The Morgan fingerprint density at radius 1 is 1.00 bits per heavy atom. The van der Waals surface area contributed by atoms with Gasteiger partial charge >= 0.3 is 0 Å². The van der Waals surface area contributed by atoms with E-state index in [9.17, 15) is 0 Å². The van der Waals surface area contributed by atoms with Gasteiger partial charge in [0.05, 0.1) is 0 Å². The van der Waals surface area contributed by atoms with E-state index < -0.39 is 0 Å². The van der Waals surface area contributed by atoms with Crippen LogP contribution in [0.5, 0.6) is 0 Å². The summed E-state index contributed by atoms with van der Waals surface area (Å²) in [5.41, 5.74) is 5.98. The topological polar surface area (TPSA) is 26.0 Å². The van der Waals surface area contributed by atoms with Gasteiger partial charge in [0, 0.05) is 0 Å². The van der Waals surface area contributed by atoms with E-state index in [0.717, 1.165) is 5.92 Å². The number of benzene rings is 1. The molecule has 0 aliphatic carbocycles. The van der Waals surface area contributed by atoms with Gasteiger partial charge in [-0.1, -0.05) is 44.2 Å². The molecule has 0 spiro atoms. The van der Waals surface area contributed by atoms with E-state index in [-0.39, 0.29) is 0 Å². The monoisotopic (exact) mass is 179 g/mol. The molecule has 0 heterocycles. The lowest BCUT2D eigenvalue weighted by molar-refractivity contribution is 0.642. The molecule has 0 aromatic heterocycles. The van der Waals surface area contributed by atoms with Crippen molar-refractivity contribution in [3.63, 3.8) is 0 Å². The van der Waals surface area contributed by atoms with Crippen molar-refractivity contribution in [2.24, 2.45) is 5.73 Å². The van der Waals surface area contributed by atoms with Gasteiger partial charge in [-0.2, -0.15) is 0 Å². The van der Waals surface area contributed by atoms with Crippen molar-refractivity contribution in [2.75, 3.05) is 7.05 Å². The van der Waals surface area contributed by atoms with Crippen molar-refractivity contribution >= 4 is 0 Å². The molecule has 1 heteroatoms. The molecule has 1 rings (SSSR count). The fourth-order valence-electron chi connectivity index (χ4n) is 1.49. The Morgan fingerprint density at radius 2 is 1.46 bits per heavy atom. The summed E-state index contributed by atoms with van der Waals surface area (Å²) in [5.74, 6) is 0.760. The summed E-state index contributed by atoms with van der Waals surface area (Å²) in [6, 6.07) is 10.8. The van der Waals surface area contributed by atoms with Gasteiger partial charge in [-0.15, -0.1) is 0 Å². The average molecular weight is 179 g/mol. The molecule has 0 fully saturated rings. The van der Waals surface area contributed by atoms with Crippen molar-refractivity contribution in [1.82, 2.24) is 0 Å². The van der Waals surface area contributed by atoms with Gasteiger partial charge in [-0.25, -0.2) is 0 Å². The van der Waals surface area contributed by atoms with Crippen molar-refractivity contribution in [2.45, 2.75) is 32.6 Å². The molecule has 74 valence electrons. The standard InChI is InChI=1S/C11H16.CH5N/c1-3-10(4-2)11-8-6-5-7-9-11;1-2/h5-10H,3-4H2,1-2H3;2H2,1H3. The number of nitrogens with two attached hydrogens (primary N) is 1. The van der Waals surface area contributed by atoms with Crippen LogP contribution in [0.1, 0.15) is 38.2 Å². The zero-order chi connectivity index (χ0) is 10.1. The smallest absolute Gasteiger partial charge is 0.0167 e. The third kappa shape index (κ3) is 4.09. The lowest BCUT2D eigenvalue weighted by Gasteiger charge is -2.11. The van der Waals surface area contributed by atoms with E-state index in [1.54, 1.807) is 0 Å². The molecule has 0 atom stereocenters. The third-order valence-corrected chi connectivity index (χ3v) is 2.26. The maximum atomic E-state index is 4.50. The molecule has 0 saturated heterocycles. The fourth-order valence-corrected chi connectivity index (χ4v) is 1.49. The normalized spacial score (nSPS) is 9.31. The van der Waals surface area contributed by atoms with Gasteiger partial charge in [-0.3, -0.25) is 0 Å². The third-order valence-electron chi connectivity index (χ3n) is 2.26. The lowest BCUT2D eigenvalue weighted by Crippen LogP contribution is -1.93. The highest BCUT2D eigenvalue weighted by atomic mass is 14.4. The quantitative estimate of drug-likeness (QED) is 0.757. The predicted octanol–water partition coefficient (Wildman–Crippen LogP) is 3.17. The van der Waals surface area contributed by atoms with Gasteiger partial charge in [0.15, 0.2) is 0 Å². The molecule has 0 aliphatic heterocycles. The molecule has 1 aromatic carbocycles. The molecule has 2 N–H and O–H groups in total. The highest BCUT2D eigenvalue weighted by Gasteiger charge is 2.03. The summed E-state index contributed by atoms with van der Waals surface area (Å²) >= 11 is 0. The highest BCUT2D eigenvalue weighted by Crippen LogP contribution is 2.21. The SMILES string of the molecule is CCC(CC)c1ccccc1.CN. The molecule has 0 amide bonds. The minimum absolute atomic E-state index is 0.760. The summed E-state index contributed by atoms with van der Waals surface area (Å²) in [5, 5.41) is 0. The van der Waals surface area contributed by atoms with Crippen molar-refractivity contribution in [3.8, 4) is 0 Å². The maximum absolute atomic E-state index is 4.50. The lowest BCUT2D eigenvalue weighted by atomic mass is 9.94. The molecule has 0 radical (unpaired) electrons. The molecule has 0 saturated carbocycles. The minimum atomic E-state index is 0.760. The Morgan fingerprint density at radius 3 is 1.85 bits per heavy atom. The van der Waals surface area contributed by atoms with Crippen LogP contribution in [0, 0.1) is 0 Å². The van der Waals surface area contributed by atoms with Gasteiger partial charge in [0.1, 0.15) is 0 Å². The van der Waals surface area contributed by atoms with E-state index in [1.807, 2.05) is 0 Å². The second-order valence-electron chi connectivity index (χ2n) is 2.92. The van der Waals surface area contributed by atoms with Crippen LogP contribution in [-0.4, -0.2) is 7.05 Å². The number of rotatable bonds is 3. The van der Waals surface area contributed by atoms with Gasteiger partial charge in [0.25, 0.3) is 0 Å². The summed E-state index contributed by atoms with van der Waals surface area (Å²) in [7, 11) is 1.50. The fraction of sp³-hybridized carbons (Fsp3) is 0.500. The van der Waals surface area contributed by atoms with Crippen LogP contribution in [0.15, 0.2) is 30.3 Å². The van der Waals surface area contributed by atoms with E-state index in [1.165, 1.54) is 25.5 Å². The van der Waals surface area contributed by atoms with Crippen LogP contribution < -0.4 is 5.73 Å². The first kappa shape index (κ1) is 12.2. The van der Waals surface area contributed by atoms with E-state index in [4.69, 9.17) is 0 Å². The molecule has 13 heavy (non-hydrogen) atoms. The first-order valence-corrected chi connectivity index (χ1v) is 5.01. The van der Waals surface area contributed by atoms with Crippen LogP contribution in [0.2, 0.25) is 0 Å². The van der Waals surface area contributed by atoms with E-state index >= 15 is 0 Å². The molecular weight excluding hydrogens is 158 g/mol. The molecule has 0 bridgehead atoms. The van der Waals surface area contributed by atoms with Crippen LogP contribution >= 0.6 is 0 Å². The Balaban J connectivity index is 0.000000671. The Hall–Kier alpha value is -0.820. The van der Waals surface area contributed by atoms with E-state index in [2.05, 4.69) is 49.9 Å². The van der Waals surface area contributed by atoms with Gasteiger partial charge in [0.2, 0.25) is 0 Å². The first-order chi connectivity index (χ1) is 6.38. The Kier molecular flexibility index (Phi) is 7.32. The molecule has 0 unspecified atom stereocenters. The average Bonchev–Trinajstić information content (AvgIpc) is 2.24. The highest BCUT2D eigenvalue weighted by molar-refractivity contribution is 5.18. The van der Waals surface area contributed by atoms with E-state index in [0.29, 0.717) is 0 Å². The van der Waals surface area contributed by atoms with Crippen molar-refractivity contribution < 1.29 is 0 Å². The predicted molar refractivity (Wildman–Crippen MR) is 59.9 cm³/mol. The summed E-state index contributed by atoms with van der Waals surface area (Å²) < 4.78 is 0. The van der Waals surface area contributed by atoms with Crippen LogP contribution in [0.25, 0.3) is 0 Å².